The van der Waals surface area contributed by atoms with Crippen molar-refractivity contribution in [2.24, 2.45) is 0 Å². The molecule has 1 aromatic heterocycles. The number of halogens is 1. The van der Waals surface area contributed by atoms with E-state index in [1.807, 2.05) is 53.4 Å². The SMILES string of the molecule is O=C(CN1C(=O)N/C(=C/c2ccn(-c3ccccc3)c2)C1=O)Nc1ccc(Br)cc1. The van der Waals surface area contributed by atoms with E-state index >= 15 is 0 Å². The van der Waals surface area contributed by atoms with E-state index in [2.05, 4.69) is 26.6 Å². The summed E-state index contributed by atoms with van der Waals surface area (Å²) < 4.78 is 2.79. The number of amides is 4. The maximum absolute atomic E-state index is 12.6. The predicted molar refractivity (Wildman–Crippen MR) is 117 cm³/mol. The number of carbonyl (C=O) groups excluding carboxylic acids is 3. The molecule has 30 heavy (non-hydrogen) atoms. The molecule has 2 heterocycles. The van der Waals surface area contributed by atoms with Gasteiger partial charge in [0.25, 0.3) is 5.91 Å². The second kappa shape index (κ2) is 8.38. The highest BCUT2D eigenvalue weighted by Gasteiger charge is 2.34. The number of benzene rings is 2. The van der Waals surface area contributed by atoms with Crippen LogP contribution in [-0.4, -0.2) is 33.9 Å². The number of rotatable bonds is 5. The molecule has 8 heteroatoms. The van der Waals surface area contributed by atoms with Gasteiger partial charge in [0.05, 0.1) is 0 Å². The number of anilines is 1. The Morgan fingerprint density at radius 3 is 2.50 bits per heavy atom. The van der Waals surface area contributed by atoms with Gasteiger partial charge in [0.2, 0.25) is 5.91 Å². The third kappa shape index (κ3) is 4.33. The number of nitrogens with zero attached hydrogens (tertiary/aromatic N) is 2. The first-order valence-corrected chi connectivity index (χ1v) is 9.92. The number of aromatic nitrogens is 1. The van der Waals surface area contributed by atoms with Gasteiger partial charge >= 0.3 is 6.03 Å². The Hall–Kier alpha value is -3.65. The lowest BCUT2D eigenvalue weighted by molar-refractivity contribution is -0.127. The van der Waals surface area contributed by atoms with Crippen LogP contribution < -0.4 is 10.6 Å². The van der Waals surface area contributed by atoms with Crippen molar-refractivity contribution in [1.29, 1.82) is 0 Å². The highest BCUT2D eigenvalue weighted by Crippen LogP contribution is 2.17. The van der Waals surface area contributed by atoms with Crippen molar-refractivity contribution < 1.29 is 14.4 Å². The summed E-state index contributed by atoms with van der Waals surface area (Å²) in [7, 11) is 0. The molecule has 4 amide bonds. The normalized spacial score (nSPS) is 14.8. The molecule has 1 saturated heterocycles. The molecular weight excluding hydrogens is 448 g/mol. The lowest BCUT2D eigenvalue weighted by Crippen LogP contribution is -2.38. The van der Waals surface area contributed by atoms with Gasteiger partial charge in [-0.3, -0.25) is 9.59 Å². The monoisotopic (exact) mass is 464 g/mol. The summed E-state index contributed by atoms with van der Waals surface area (Å²) in [5, 5.41) is 5.20. The zero-order valence-electron chi connectivity index (χ0n) is 15.7. The molecular formula is C22H17BrN4O3. The molecule has 0 bridgehead atoms. The first-order valence-electron chi connectivity index (χ1n) is 9.13. The van der Waals surface area contributed by atoms with Crippen molar-refractivity contribution in [3.63, 3.8) is 0 Å². The number of imide groups is 1. The maximum Gasteiger partial charge on any atom is 0.329 e. The van der Waals surface area contributed by atoms with E-state index in [0.717, 1.165) is 20.6 Å². The molecule has 0 spiro atoms. The number of nitrogens with one attached hydrogen (secondary N) is 2. The number of hydrogen-bond acceptors (Lipinski definition) is 3. The third-order valence-electron chi connectivity index (χ3n) is 4.47. The second-order valence-corrected chi connectivity index (χ2v) is 7.54. The van der Waals surface area contributed by atoms with Gasteiger partial charge in [0.15, 0.2) is 0 Å². The van der Waals surface area contributed by atoms with Crippen LogP contribution in [0.25, 0.3) is 11.8 Å². The van der Waals surface area contributed by atoms with E-state index in [0.29, 0.717) is 5.69 Å². The molecule has 0 saturated carbocycles. The molecule has 3 aromatic rings. The summed E-state index contributed by atoms with van der Waals surface area (Å²) in [5.41, 5.74) is 2.44. The number of carbonyl (C=O) groups is 3. The smallest absolute Gasteiger partial charge is 0.325 e. The molecule has 1 fully saturated rings. The Kier molecular flexibility index (Phi) is 5.49. The van der Waals surface area contributed by atoms with Gasteiger partial charge in [-0.1, -0.05) is 34.1 Å². The highest BCUT2D eigenvalue weighted by molar-refractivity contribution is 9.10. The van der Waals surface area contributed by atoms with Crippen LogP contribution in [0, 0.1) is 0 Å². The van der Waals surface area contributed by atoms with Crippen molar-refractivity contribution >= 4 is 45.5 Å². The molecule has 0 aliphatic carbocycles. The first-order chi connectivity index (χ1) is 14.5. The molecule has 0 atom stereocenters. The lowest BCUT2D eigenvalue weighted by Gasteiger charge is -2.12. The summed E-state index contributed by atoms with van der Waals surface area (Å²) in [5.74, 6) is -1.00. The zero-order valence-corrected chi connectivity index (χ0v) is 17.3. The van der Waals surface area contributed by atoms with Gasteiger partial charge in [0.1, 0.15) is 12.2 Å². The molecule has 2 aromatic carbocycles. The number of urea groups is 1. The number of para-hydroxylation sites is 1. The summed E-state index contributed by atoms with van der Waals surface area (Å²) in [6, 6.07) is 17.9. The maximum atomic E-state index is 12.6. The minimum Gasteiger partial charge on any atom is -0.325 e. The van der Waals surface area contributed by atoms with Crippen LogP contribution in [0.2, 0.25) is 0 Å². The van der Waals surface area contributed by atoms with E-state index in [1.54, 1.807) is 30.3 Å². The first kappa shape index (κ1) is 19.7. The van der Waals surface area contributed by atoms with E-state index in [1.165, 1.54) is 0 Å². The predicted octanol–water partition coefficient (Wildman–Crippen LogP) is 3.77. The summed E-state index contributed by atoms with van der Waals surface area (Å²) >= 11 is 3.32. The average Bonchev–Trinajstić information content (AvgIpc) is 3.31. The van der Waals surface area contributed by atoms with Crippen LogP contribution in [0.1, 0.15) is 5.56 Å². The van der Waals surface area contributed by atoms with Crippen LogP contribution in [0.4, 0.5) is 10.5 Å². The molecule has 7 nitrogen and oxygen atoms in total. The van der Waals surface area contributed by atoms with Crippen LogP contribution >= 0.6 is 15.9 Å². The van der Waals surface area contributed by atoms with Crippen molar-refractivity contribution in [2.75, 3.05) is 11.9 Å². The standard InChI is InChI=1S/C22H17BrN4O3/c23-16-6-8-17(9-7-16)24-20(28)14-27-21(29)19(25-22(27)30)12-15-10-11-26(13-15)18-4-2-1-3-5-18/h1-13H,14H2,(H,24,28)(H,25,30)/b19-12+. The Bertz CT molecular complexity index is 1140. The van der Waals surface area contributed by atoms with Crippen LogP contribution in [0.15, 0.2) is 83.2 Å². The van der Waals surface area contributed by atoms with Crippen LogP contribution in [-0.2, 0) is 9.59 Å². The highest BCUT2D eigenvalue weighted by atomic mass is 79.9. The van der Waals surface area contributed by atoms with Crippen LogP contribution in [0.5, 0.6) is 0 Å². The topological polar surface area (TPSA) is 83.4 Å². The fourth-order valence-corrected chi connectivity index (χ4v) is 3.28. The third-order valence-corrected chi connectivity index (χ3v) is 5.00. The van der Waals surface area contributed by atoms with Gasteiger partial charge in [-0.15, -0.1) is 0 Å². The van der Waals surface area contributed by atoms with Crippen molar-refractivity contribution in [3.05, 3.63) is 88.8 Å². The van der Waals surface area contributed by atoms with Gasteiger partial charge in [-0.2, -0.15) is 0 Å². The van der Waals surface area contributed by atoms with Crippen molar-refractivity contribution in [3.8, 4) is 5.69 Å². The Morgan fingerprint density at radius 1 is 1.03 bits per heavy atom. The summed E-state index contributed by atoms with van der Waals surface area (Å²) in [6.07, 6.45) is 5.31. The summed E-state index contributed by atoms with van der Waals surface area (Å²) in [6.45, 7) is -0.372. The van der Waals surface area contributed by atoms with Gasteiger partial charge in [0, 0.05) is 28.2 Å². The largest absolute Gasteiger partial charge is 0.329 e. The van der Waals surface area contributed by atoms with E-state index in [4.69, 9.17) is 0 Å². The van der Waals surface area contributed by atoms with E-state index < -0.39 is 17.8 Å². The second-order valence-electron chi connectivity index (χ2n) is 6.62. The average molecular weight is 465 g/mol. The Balaban J connectivity index is 1.44. The van der Waals surface area contributed by atoms with E-state index in [-0.39, 0.29) is 12.2 Å². The molecule has 0 unspecified atom stereocenters. The Labute approximate surface area is 181 Å². The van der Waals surface area contributed by atoms with Gasteiger partial charge < -0.3 is 15.2 Å². The minimum absolute atomic E-state index is 0.127. The molecule has 1 aliphatic rings. The molecule has 2 N–H and O–H groups in total. The quantitative estimate of drug-likeness (QED) is 0.445. The van der Waals surface area contributed by atoms with E-state index in [9.17, 15) is 14.4 Å². The minimum atomic E-state index is -0.625. The fourth-order valence-electron chi connectivity index (χ4n) is 3.02. The summed E-state index contributed by atoms with van der Waals surface area (Å²) in [4.78, 5) is 38.0. The fraction of sp³-hybridized carbons (Fsp3) is 0.0455. The Morgan fingerprint density at radius 2 is 1.77 bits per heavy atom. The zero-order chi connectivity index (χ0) is 21.1. The number of hydrogen-bond donors (Lipinski definition) is 2. The van der Waals surface area contributed by atoms with Crippen molar-refractivity contribution in [2.45, 2.75) is 0 Å². The van der Waals surface area contributed by atoms with Crippen molar-refractivity contribution in [1.82, 2.24) is 14.8 Å². The lowest BCUT2D eigenvalue weighted by atomic mass is 10.2. The molecule has 150 valence electrons. The van der Waals surface area contributed by atoms with Gasteiger partial charge in [-0.25, -0.2) is 9.69 Å². The van der Waals surface area contributed by atoms with Crippen LogP contribution in [0.3, 0.4) is 0 Å². The molecule has 1 aliphatic heterocycles. The molecule has 0 radical (unpaired) electrons. The van der Waals surface area contributed by atoms with Gasteiger partial charge in [-0.05, 0) is 54.1 Å². The molecule has 4 rings (SSSR count).